The molecule has 1 saturated heterocycles. The number of nitrogens with zero attached hydrogens (tertiary/aromatic N) is 3. The second kappa shape index (κ2) is 13.9. The zero-order valence-corrected chi connectivity index (χ0v) is 31.0. The van der Waals surface area contributed by atoms with Gasteiger partial charge in [0.15, 0.2) is 0 Å². The van der Waals surface area contributed by atoms with E-state index in [9.17, 15) is 0 Å². The van der Waals surface area contributed by atoms with Gasteiger partial charge in [0.1, 0.15) is 6.17 Å². The van der Waals surface area contributed by atoms with Crippen LogP contribution in [0.25, 0.3) is 32.7 Å². The van der Waals surface area contributed by atoms with Gasteiger partial charge in [-0.1, -0.05) is 164 Å². The molecule has 55 heavy (non-hydrogen) atoms. The second-order valence-corrected chi connectivity index (χ2v) is 14.8. The summed E-state index contributed by atoms with van der Waals surface area (Å²) in [7, 11) is 4.42. The molecular formula is C50H43N5. The first kappa shape index (κ1) is 33.3. The monoisotopic (exact) mass is 713 g/mol. The van der Waals surface area contributed by atoms with Gasteiger partial charge in [-0.25, -0.2) is 0 Å². The summed E-state index contributed by atoms with van der Waals surface area (Å²) in [4.78, 5) is 7.26. The average Bonchev–Trinajstić information content (AvgIpc) is 3.55. The molecule has 268 valence electrons. The number of rotatable bonds is 6. The van der Waals surface area contributed by atoms with E-state index in [1.807, 2.05) is 0 Å². The highest BCUT2D eigenvalue weighted by atomic mass is 15.4. The van der Waals surface area contributed by atoms with E-state index in [4.69, 9.17) is 0 Å². The maximum atomic E-state index is 4.02. The topological polar surface area (TPSA) is 33.8 Å². The zero-order valence-electron chi connectivity index (χ0n) is 31.0. The third-order valence-corrected chi connectivity index (χ3v) is 11.7. The minimum atomic E-state index is -0.0706. The van der Waals surface area contributed by atoms with Crippen molar-refractivity contribution in [2.24, 2.45) is 0 Å². The normalized spacial score (nSPS) is 19.9. The SMILES string of the molecule is CN1c2ccccc2N(c2ccccc2)C1c1ccc(-c2ccc(C3NC(c4cccc5ccccc45)NC(c4cccc5ccccc45)N3C)cc2)cc1. The predicted molar refractivity (Wildman–Crippen MR) is 228 cm³/mol. The molecule has 10 rings (SSSR count). The van der Waals surface area contributed by atoms with Crippen LogP contribution in [0.4, 0.5) is 17.1 Å². The minimum absolute atomic E-state index is 0.0242. The molecule has 0 amide bonds. The first-order chi connectivity index (χ1) is 27.1. The Labute approximate surface area is 323 Å². The molecule has 4 atom stereocenters. The van der Waals surface area contributed by atoms with Gasteiger partial charge in [-0.05, 0) is 86.2 Å². The van der Waals surface area contributed by atoms with E-state index in [-0.39, 0.29) is 24.7 Å². The number of para-hydroxylation sites is 3. The number of hydrogen-bond acceptors (Lipinski definition) is 5. The molecule has 5 heteroatoms. The molecule has 0 bridgehead atoms. The van der Waals surface area contributed by atoms with Crippen LogP contribution in [0.15, 0.2) is 188 Å². The maximum absolute atomic E-state index is 4.02. The maximum Gasteiger partial charge on any atom is 0.132 e. The minimum Gasteiger partial charge on any atom is -0.349 e. The molecule has 2 aliphatic rings. The number of benzene rings is 8. The van der Waals surface area contributed by atoms with E-state index >= 15 is 0 Å². The fourth-order valence-electron chi connectivity index (χ4n) is 8.91. The molecule has 2 N–H and O–H groups in total. The molecule has 0 aliphatic carbocycles. The van der Waals surface area contributed by atoms with Crippen LogP contribution >= 0.6 is 0 Å². The van der Waals surface area contributed by atoms with Gasteiger partial charge in [-0.2, -0.15) is 0 Å². The standard InChI is InChI=1S/C50H43N5/c1-53-45-24-10-11-25-46(45)55(40-18-4-3-5-19-40)50(53)39-32-28-35(29-33-39)34-26-30-38(31-27-34)48-51-47(43-22-12-16-36-14-6-8-20-41(36)43)52-49(54(48)2)44-23-13-17-37-15-7-9-21-42(37)44/h3-33,47-52H,1-2H3. The molecule has 1 fully saturated rings. The predicted octanol–water partition coefficient (Wildman–Crippen LogP) is 11.5. The van der Waals surface area contributed by atoms with Gasteiger partial charge in [0.05, 0.1) is 29.9 Å². The van der Waals surface area contributed by atoms with E-state index in [1.54, 1.807) is 0 Å². The third kappa shape index (κ3) is 5.85. The van der Waals surface area contributed by atoms with Crippen molar-refractivity contribution in [3.05, 3.63) is 210 Å². The molecule has 4 unspecified atom stereocenters. The lowest BCUT2D eigenvalue weighted by atomic mass is 9.96. The lowest BCUT2D eigenvalue weighted by Gasteiger charge is -2.46. The lowest BCUT2D eigenvalue weighted by Crippen LogP contribution is -2.54. The highest BCUT2D eigenvalue weighted by molar-refractivity contribution is 5.88. The van der Waals surface area contributed by atoms with Crippen molar-refractivity contribution in [1.82, 2.24) is 15.5 Å². The first-order valence-electron chi connectivity index (χ1n) is 19.2. The van der Waals surface area contributed by atoms with E-state index < -0.39 is 0 Å². The van der Waals surface area contributed by atoms with Crippen molar-refractivity contribution in [2.45, 2.75) is 24.7 Å². The van der Waals surface area contributed by atoms with E-state index in [1.165, 1.54) is 72.0 Å². The Balaban J connectivity index is 0.973. The summed E-state index contributed by atoms with van der Waals surface area (Å²) in [6, 6.07) is 68.3. The summed E-state index contributed by atoms with van der Waals surface area (Å²) in [6.45, 7) is 0. The van der Waals surface area contributed by atoms with E-state index in [0.717, 1.165) is 0 Å². The van der Waals surface area contributed by atoms with Crippen molar-refractivity contribution in [3.63, 3.8) is 0 Å². The fraction of sp³-hybridized carbons (Fsp3) is 0.120. The molecule has 5 nitrogen and oxygen atoms in total. The Morgan fingerprint density at radius 3 is 1.60 bits per heavy atom. The summed E-state index contributed by atoms with van der Waals surface area (Å²) in [5.41, 5.74) is 11.0. The van der Waals surface area contributed by atoms with Crippen molar-refractivity contribution < 1.29 is 0 Å². The van der Waals surface area contributed by atoms with Crippen LogP contribution in [-0.4, -0.2) is 19.0 Å². The summed E-state index contributed by atoms with van der Waals surface area (Å²) >= 11 is 0. The van der Waals surface area contributed by atoms with Gasteiger partial charge < -0.3 is 9.80 Å². The van der Waals surface area contributed by atoms with Crippen LogP contribution in [0.2, 0.25) is 0 Å². The van der Waals surface area contributed by atoms with Crippen LogP contribution < -0.4 is 20.4 Å². The highest BCUT2D eigenvalue weighted by Gasteiger charge is 2.37. The van der Waals surface area contributed by atoms with E-state index in [2.05, 4.69) is 227 Å². The Bertz CT molecular complexity index is 2610. The van der Waals surface area contributed by atoms with Crippen LogP contribution in [0, 0.1) is 0 Å². The second-order valence-electron chi connectivity index (χ2n) is 14.8. The molecule has 0 saturated carbocycles. The first-order valence-corrected chi connectivity index (χ1v) is 19.2. The number of hydrogen-bond donors (Lipinski definition) is 2. The zero-order chi connectivity index (χ0) is 36.9. The average molecular weight is 714 g/mol. The molecule has 8 aromatic carbocycles. The number of nitrogens with one attached hydrogen (secondary N) is 2. The van der Waals surface area contributed by atoms with Gasteiger partial charge in [0, 0.05) is 12.7 Å². The summed E-state index contributed by atoms with van der Waals surface area (Å²) in [5, 5.41) is 13.0. The molecular weight excluding hydrogens is 671 g/mol. The van der Waals surface area contributed by atoms with Crippen molar-refractivity contribution in [3.8, 4) is 11.1 Å². The molecule has 2 aliphatic heterocycles. The van der Waals surface area contributed by atoms with Crippen molar-refractivity contribution >= 4 is 38.6 Å². The van der Waals surface area contributed by atoms with Crippen molar-refractivity contribution in [2.75, 3.05) is 23.9 Å². The molecule has 8 aromatic rings. The Kier molecular flexibility index (Phi) is 8.41. The van der Waals surface area contributed by atoms with Crippen LogP contribution in [0.1, 0.15) is 46.9 Å². The fourth-order valence-corrected chi connectivity index (χ4v) is 8.91. The van der Waals surface area contributed by atoms with Crippen LogP contribution in [0.3, 0.4) is 0 Å². The quantitative estimate of drug-likeness (QED) is 0.179. The summed E-state index contributed by atoms with van der Waals surface area (Å²) in [6.07, 6.45) is -0.0705. The lowest BCUT2D eigenvalue weighted by molar-refractivity contribution is 0.0428. The third-order valence-electron chi connectivity index (χ3n) is 11.7. The Hall–Kier alpha value is -6.24. The summed E-state index contributed by atoms with van der Waals surface area (Å²) in [5.74, 6) is 0. The summed E-state index contributed by atoms with van der Waals surface area (Å²) < 4.78 is 0. The Morgan fingerprint density at radius 1 is 0.418 bits per heavy atom. The number of anilines is 3. The van der Waals surface area contributed by atoms with E-state index in [0.29, 0.717) is 0 Å². The smallest absolute Gasteiger partial charge is 0.132 e. The Morgan fingerprint density at radius 2 is 0.927 bits per heavy atom. The van der Waals surface area contributed by atoms with Gasteiger partial charge in [0.25, 0.3) is 0 Å². The molecule has 0 aromatic heterocycles. The number of fused-ring (bicyclic) bond motifs is 3. The van der Waals surface area contributed by atoms with Crippen LogP contribution in [0.5, 0.6) is 0 Å². The highest BCUT2D eigenvalue weighted by Crippen LogP contribution is 2.49. The van der Waals surface area contributed by atoms with Crippen molar-refractivity contribution in [1.29, 1.82) is 0 Å². The van der Waals surface area contributed by atoms with Gasteiger partial charge >= 0.3 is 0 Å². The molecule has 0 radical (unpaired) electrons. The van der Waals surface area contributed by atoms with Gasteiger partial charge in [-0.3, -0.25) is 15.5 Å². The molecule has 0 spiro atoms. The van der Waals surface area contributed by atoms with Crippen LogP contribution in [-0.2, 0) is 0 Å². The van der Waals surface area contributed by atoms with Gasteiger partial charge in [0.2, 0.25) is 0 Å². The molecule has 2 heterocycles. The largest absolute Gasteiger partial charge is 0.349 e. The van der Waals surface area contributed by atoms with Gasteiger partial charge in [-0.15, -0.1) is 0 Å².